The number of aryl methyl sites for hydroxylation is 3. The molecule has 3 heterocycles. The minimum absolute atomic E-state index is 0.615. The van der Waals surface area contributed by atoms with Crippen LogP contribution in [0, 0.1) is 13.8 Å². The average molecular weight is 316 g/mol. The summed E-state index contributed by atoms with van der Waals surface area (Å²) in [4.78, 5) is 13.2. The molecule has 2 aromatic rings. The molecule has 0 aromatic carbocycles. The summed E-state index contributed by atoms with van der Waals surface area (Å²) in [5.41, 5.74) is 4.09. The van der Waals surface area contributed by atoms with Gasteiger partial charge in [0, 0.05) is 36.2 Å². The zero-order valence-corrected chi connectivity index (χ0v) is 14.3. The molecule has 2 aromatic heterocycles. The van der Waals surface area contributed by atoms with E-state index in [1.807, 2.05) is 11.3 Å². The SMILES string of the molecule is Cc1nc(C)c(CN2CC[C@H](n3cnc4c3CCCC4)C2)s1. The third kappa shape index (κ3) is 2.61. The Balaban J connectivity index is 1.46. The van der Waals surface area contributed by atoms with Gasteiger partial charge in [-0.2, -0.15) is 0 Å². The molecule has 4 nitrogen and oxygen atoms in total. The summed E-state index contributed by atoms with van der Waals surface area (Å²) in [5.74, 6) is 0. The first kappa shape index (κ1) is 14.4. The van der Waals surface area contributed by atoms with Crippen molar-refractivity contribution in [1.82, 2.24) is 19.4 Å². The molecule has 1 atom stereocenters. The van der Waals surface area contributed by atoms with Crippen molar-refractivity contribution in [3.8, 4) is 0 Å². The fourth-order valence-electron chi connectivity index (χ4n) is 3.91. The second kappa shape index (κ2) is 5.78. The summed E-state index contributed by atoms with van der Waals surface area (Å²) in [6.45, 7) is 7.64. The van der Waals surface area contributed by atoms with E-state index in [1.54, 1.807) is 0 Å². The van der Waals surface area contributed by atoms with Crippen molar-refractivity contribution in [3.05, 3.63) is 33.3 Å². The number of likely N-dealkylation sites (tertiary alicyclic amines) is 1. The molecule has 118 valence electrons. The molecule has 1 fully saturated rings. The smallest absolute Gasteiger partial charge is 0.0954 e. The topological polar surface area (TPSA) is 34.0 Å². The van der Waals surface area contributed by atoms with Crippen LogP contribution in [0.15, 0.2) is 6.33 Å². The molecule has 1 aliphatic heterocycles. The summed E-state index contributed by atoms with van der Waals surface area (Å²) in [5, 5.41) is 1.19. The first-order valence-electron chi connectivity index (χ1n) is 8.40. The fourth-order valence-corrected chi connectivity index (χ4v) is 4.89. The highest BCUT2D eigenvalue weighted by Crippen LogP contribution is 2.30. The molecule has 0 unspecified atom stereocenters. The summed E-state index contributed by atoms with van der Waals surface area (Å²) in [6.07, 6.45) is 8.39. The van der Waals surface area contributed by atoms with Gasteiger partial charge in [0.2, 0.25) is 0 Å². The predicted molar refractivity (Wildman–Crippen MR) is 89.4 cm³/mol. The minimum Gasteiger partial charge on any atom is -0.330 e. The predicted octanol–water partition coefficient (Wildman–Crippen LogP) is 3.28. The van der Waals surface area contributed by atoms with Gasteiger partial charge in [-0.3, -0.25) is 4.90 Å². The van der Waals surface area contributed by atoms with Crippen LogP contribution in [0.1, 0.15) is 52.3 Å². The van der Waals surface area contributed by atoms with E-state index in [-0.39, 0.29) is 0 Å². The molecule has 2 aliphatic rings. The van der Waals surface area contributed by atoms with Gasteiger partial charge in [-0.1, -0.05) is 0 Å². The second-order valence-corrected chi connectivity index (χ2v) is 7.96. The zero-order chi connectivity index (χ0) is 15.1. The van der Waals surface area contributed by atoms with E-state index in [9.17, 15) is 0 Å². The third-order valence-electron chi connectivity index (χ3n) is 5.07. The monoisotopic (exact) mass is 316 g/mol. The normalized spacial score (nSPS) is 22.2. The summed E-state index contributed by atoms with van der Waals surface area (Å²) < 4.78 is 2.49. The Bertz CT molecular complexity index is 672. The standard InChI is InChI=1S/C17H24N4S/c1-12-17(22-13(2)19-12)10-20-8-7-14(9-20)21-11-18-15-5-3-4-6-16(15)21/h11,14H,3-10H2,1-2H3/t14-/m0/s1. The summed E-state index contributed by atoms with van der Waals surface area (Å²) in [7, 11) is 0. The van der Waals surface area contributed by atoms with Crippen LogP contribution >= 0.6 is 11.3 Å². The van der Waals surface area contributed by atoms with Gasteiger partial charge in [-0.25, -0.2) is 9.97 Å². The molecule has 1 aliphatic carbocycles. The molecule has 22 heavy (non-hydrogen) atoms. The molecular formula is C17H24N4S. The Morgan fingerprint density at radius 1 is 1.27 bits per heavy atom. The van der Waals surface area contributed by atoms with Gasteiger partial charge < -0.3 is 4.57 Å². The highest BCUT2D eigenvalue weighted by molar-refractivity contribution is 7.11. The number of fused-ring (bicyclic) bond motifs is 1. The molecule has 1 saturated heterocycles. The molecular weight excluding hydrogens is 292 g/mol. The van der Waals surface area contributed by atoms with Gasteiger partial charge >= 0.3 is 0 Å². The largest absolute Gasteiger partial charge is 0.330 e. The first-order valence-corrected chi connectivity index (χ1v) is 9.22. The van der Waals surface area contributed by atoms with Gasteiger partial charge in [-0.05, 0) is 46.0 Å². The van der Waals surface area contributed by atoms with Crippen molar-refractivity contribution >= 4 is 11.3 Å². The summed E-state index contributed by atoms with van der Waals surface area (Å²) >= 11 is 1.85. The van der Waals surface area contributed by atoms with E-state index in [0.717, 1.165) is 13.1 Å². The van der Waals surface area contributed by atoms with Crippen molar-refractivity contribution in [2.75, 3.05) is 13.1 Å². The molecule has 4 rings (SSSR count). The van der Waals surface area contributed by atoms with Crippen LogP contribution in [-0.2, 0) is 19.4 Å². The lowest BCUT2D eigenvalue weighted by molar-refractivity contribution is 0.316. The quantitative estimate of drug-likeness (QED) is 0.871. The molecule has 0 amide bonds. The molecule has 5 heteroatoms. The van der Waals surface area contributed by atoms with E-state index in [2.05, 4.69) is 39.6 Å². The van der Waals surface area contributed by atoms with E-state index in [1.165, 1.54) is 65.6 Å². The molecule has 0 radical (unpaired) electrons. The number of rotatable bonds is 3. The molecule has 0 bridgehead atoms. The van der Waals surface area contributed by atoms with Crippen LogP contribution in [0.2, 0.25) is 0 Å². The van der Waals surface area contributed by atoms with Crippen LogP contribution in [0.3, 0.4) is 0 Å². The number of hydrogen-bond acceptors (Lipinski definition) is 4. The maximum absolute atomic E-state index is 4.66. The number of hydrogen-bond donors (Lipinski definition) is 0. The fraction of sp³-hybridized carbons (Fsp3) is 0.647. The van der Waals surface area contributed by atoms with Gasteiger partial charge in [-0.15, -0.1) is 11.3 Å². The van der Waals surface area contributed by atoms with Crippen molar-refractivity contribution in [2.24, 2.45) is 0 Å². The number of thiazole rings is 1. The van der Waals surface area contributed by atoms with Gasteiger partial charge in [0.1, 0.15) is 0 Å². The maximum Gasteiger partial charge on any atom is 0.0954 e. The van der Waals surface area contributed by atoms with Crippen molar-refractivity contribution in [1.29, 1.82) is 0 Å². The Labute approximate surface area is 136 Å². The minimum atomic E-state index is 0.615. The van der Waals surface area contributed by atoms with Crippen LogP contribution < -0.4 is 0 Å². The van der Waals surface area contributed by atoms with Crippen molar-refractivity contribution in [3.63, 3.8) is 0 Å². The third-order valence-corrected chi connectivity index (χ3v) is 6.13. The Hall–Kier alpha value is -1.20. The highest BCUT2D eigenvalue weighted by atomic mass is 32.1. The molecule has 0 spiro atoms. The average Bonchev–Trinajstić information content (AvgIpc) is 3.18. The number of imidazole rings is 1. The maximum atomic E-state index is 4.66. The molecule has 0 saturated carbocycles. The number of nitrogens with zero attached hydrogens (tertiary/aromatic N) is 4. The van der Waals surface area contributed by atoms with Crippen LogP contribution in [0.25, 0.3) is 0 Å². The van der Waals surface area contributed by atoms with Gasteiger partial charge in [0.05, 0.1) is 22.7 Å². The first-order chi connectivity index (χ1) is 10.7. The Morgan fingerprint density at radius 3 is 2.95 bits per heavy atom. The number of aromatic nitrogens is 3. The van der Waals surface area contributed by atoms with Gasteiger partial charge in [0.15, 0.2) is 0 Å². The van der Waals surface area contributed by atoms with E-state index in [4.69, 9.17) is 0 Å². The van der Waals surface area contributed by atoms with Crippen molar-refractivity contribution in [2.45, 2.75) is 58.5 Å². The van der Waals surface area contributed by atoms with Crippen LogP contribution in [0.5, 0.6) is 0 Å². The van der Waals surface area contributed by atoms with Crippen LogP contribution in [-0.4, -0.2) is 32.5 Å². The lowest BCUT2D eigenvalue weighted by atomic mass is 10.0. The van der Waals surface area contributed by atoms with E-state index >= 15 is 0 Å². The van der Waals surface area contributed by atoms with Crippen LogP contribution in [0.4, 0.5) is 0 Å². The Kier molecular flexibility index (Phi) is 3.78. The van der Waals surface area contributed by atoms with Gasteiger partial charge in [0.25, 0.3) is 0 Å². The lowest BCUT2D eigenvalue weighted by Crippen LogP contribution is -2.22. The molecule has 0 N–H and O–H groups in total. The highest BCUT2D eigenvalue weighted by Gasteiger charge is 2.27. The van der Waals surface area contributed by atoms with Crippen molar-refractivity contribution < 1.29 is 0 Å². The second-order valence-electron chi connectivity index (χ2n) is 6.67. The van der Waals surface area contributed by atoms with E-state index in [0.29, 0.717) is 6.04 Å². The Morgan fingerprint density at radius 2 is 2.14 bits per heavy atom. The summed E-state index contributed by atoms with van der Waals surface area (Å²) in [6, 6.07) is 0.615. The lowest BCUT2D eigenvalue weighted by Gasteiger charge is -2.20. The zero-order valence-electron chi connectivity index (χ0n) is 13.5. The van der Waals surface area contributed by atoms with E-state index < -0.39 is 0 Å².